The van der Waals surface area contributed by atoms with Crippen LogP contribution >= 0.6 is 42.6 Å². The number of nitrogens with one attached hydrogen (secondary N) is 1. The number of hydrogen-bond acceptors (Lipinski definition) is 11. The lowest BCUT2D eigenvalue weighted by Gasteiger charge is -2.45. The summed E-state index contributed by atoms with van der Waals surface area (Å²) in [5.41, 5.74) is 0. The molecule has 12 nitrogen and oxygen atoms in total. The van der Waals surface area contributed by atoms with E-state index in [9.17, 15) is 14.5 Å². The van der Waals surface area contributed by atoms with Gasteiger partial charge in [-0.05, 0) is 19.8 Å². The second-order valence-corrected chi connectivity index (χ2v) is 14.2. The van der Waals surface area contributed by atoms with Gasteiger partial charge in [-0.3, -0.25) is 13.6 Å². The zero-order chi connectivity index (χ0) is 33.7. The van der Waals surface area contributed by atoms with E-state index in [1.54, 1.807) is 20.1 Å². The lowest BCUT2D eigenvalue weighted by atomic mass is 9.96. The minimum atomic E-state index is -4.32. The van der Waals surface area contributed by atoms with Gasteiger partial charge in [0.15, 0.2) is 0 Å². The summed E-state index contributed by atoms with van der Waals surface area (Å²) in [5.74, 6) is 0. The molecule has 0 saturated carbocycles. The maximum atomic E-state index is 13.6. The van der Waals surface area contributed by atoms with E-state index in [-0.39, 0.29) is 25.9 Å². The summed E-state index contributed by atoms with van der Waals surface area (Å²) >= 11 is 17.2. The number of phosphoric acid groups is 1. The van der Waals surface area contributed by atoms with E-state index in [1.807, 2.05) is 0 Å². The van der Waals surface area contributed by atoms with Crippen LogP contribution in [0.5, 0.6) is 0 Å². The van der Waals surface area contributed by atoms with E-state index in [1.165, 1.54) is 24.8 Å². The highest BCUT2D eigenvalue weighted by atomic mass is 35.6. The van der Waals surface area contributed by atoms with Gasteiger partial charge < -0.3 is 34.1 Å². The molecule has 0 aromatic heterocycles. The number of phosphoric ester groups is 1. The molecule has 1 amide bonds. The number of alkyl carbamates (subject to hydrolysis) is 1. The Bertz CT molecular complexity index is 908. The molecule has 2 N–H and O–H groups in total. The van der Waals surface area contributed by atoms with Crippen LogP contribution in [0.15, 0.2) is 37.6 Å². The van der Waals surface area contributed by atoms with Crippen molar-refractivity contribution in [1.29, 1.82) is 0 Å². The standard InChI is InChI=1S/C29H49Cl3NO11P/c1-6-10-11-12-13-14-22(37-5)15-19-38-26-24(33-28(35)40-21-29(30,31)32)27(39-16-7-2)43-23(20-34)25(26)44-45(36,41-17-8-3)42-18-9-4/h7-9,16,22-27,34H,3-4,6,10-15,17-21H2,1-2,5H3,(H,33,35)/b16-7+/t22?,23-,24-,25-,26-,27+/m1/s1. The number of allylic oxidation sites excluding steroid dienone is 1. The SMILES string of the molecule is C=CCOP(=O)(OCC=C)O[C@H]1[C@H](OCCC(CCCCCCC)OC)[C@@H](NC(=O)OCC(Cl)(Cl)Cl)[C@@H](O/C=C/C)O[C@@H]1CO. The molecule has 1 aliphatic heterocycles. The van der Waals surface area contributed by atoms with Gasteiger partial charge >= 0.3 is 13.9 Å². The van der Waals surface area contributed by atoms with E-state index in [0.717, 1.165) is 32.1 Å². The van der Waals surface area contributed by atoms with Crippen molar-refractivity contribution >= 4 is 48.7 Å². The molecule has 1 heterocycles. The highest BCUT2D eigenvalue weighted by molar-refractivity contribution is 7.48. The summed E-state index contributed by atoms with van der Waals surface area (Å²) in [6, 6.07) is -1.15. The molecule has 6 atom stereocenters. The molecule has 0 aliphatic carbocycles. The first-order valence-corrected chi connectivity index (χ1v) is 17.5. The number of amides is 1. The molecular formula is C29H49Cl3NO11P. The van der Waals surface area contributed by atoms with Gasteiger partial charge in [0.25, 0.3) is 0 Å². The van der Waals surface area contributed by atoms with Crippen LogP contribution in [0.25, 0.3) is 0 Å². The van der Waals surface area contributed by atoms with Crippen molar-refractivity contribution in [3.05, 3.63) is 37.6 Å². The molecule has 16 heteroatoms. The molecule has 1 aliphatic rings. The number of carbonyl (C=O) groups is 1. The number of unbranched alkanes of at least 4 members (excludes halogenated alkanes) is 4. The fourth-order valence-electron chi connectivity index (χ4n) is 4.35. The van der Waals surface area contributed by atoms with Crippen LogP contribution in [0.1, 0.15) is 58.8 Å². The van der Waals surface area contributed by atoms with E-state index in [0.29, 0.717) is 6.42 Å². The highest BCUT2D eigenvalue weighted by Crippen LogP contribution is 2.52. The Morgan fingerprint density at radius 1 is 1.09 bits per heavy atom. The topological polar surface area (TPSA) is 140 Å². The van der Waals surface area contributed by atoms with Gasteiger partial charge in [-0.25, -0.2) is 9.36 Å². The Morgan fingerprint density at radius 3 is 2.31 bits per heavy atom. The number of rotatable bonds is 24. The van der Waals surface area contributed by atoms with Crippen LogP contribution in [-0.4, -0.2) is 91.9 Å². The molecule has 45 heavy (non-hydrogen) atoms. The van der Waals surface area contributed by atoms with Crippen LogP contribution in [0.2, 0.25) is 0 Å². The zero-order valence-electron chi connectivity index (χ0n) is 26.3. The van der Waals surface area contributed by atoms with Crippen molar-refractivity contribution in [2.75, 3.05) is 40.1 Å². The third-order valence-corrected chi connectivity index (χ3v) is 8.25. The first kappa shape index (κ1) is 42.1. The van der Waals surface area contributed by atoms with Crippen LogP contribution in [0.4, 0.5) is 4.79 Å². The van der Waals surface area contributed by atoms with E-state index in [4.69, 9.17) is 72.1 Å². The van der Waals surface area contributed by atoms with Crippen LogP contribution in [0.3, 0.4) is 0 Å². The van der Waals surface area contributed by atoms with Gasteiger partial charge in [0, 0.05) is 13.7 Å². The second kappa shape index (κ2) is 23.4. The smallest absolute Gasteiger partial charge is 0.471 e. The minimum absolute atomic E-state index is 0.104. The molecule has 1 unspecified atom stereocenters. The fourth-order valence-corrected chi connectivity index (χ4v) is 5.84. The Hall–Kier alpha value is -0.890. The lowest BCUT2D eigenvalue weighted by molar-refractivity contribution is -0.260. The predicted octanol–water partition coefficient (Wildman–Crippen LogP) is 6.77. The number of aliphatic hydroxyl groups is 1. The summed E-state index contributed by atoms with van der Waals surface area (Å²) in [7, 11) is -2.68. The van der Waals surface area contributed by atoms with E-state index in [2.05, 4.69) is 25.4 Å². The molecule has 0 radical (unpaired) electrons. The van der Waals surface area contributed by atoms with Crippen molar-refractivity contribution in [1.82, 2.24) is 5.32 Å². The summed E-state index contributed by atoms with van der Waals surface area (Å²) in [6.07, 6.45) is 6.62. The molecule has 0 spiro atoms. The molecule has 1 rings (SSSR count). The minimum Gasteiger partial charge on any atom is -0.471 e. The number of hydrogen-bond donors (Lipinski definition) is 2. The van der Waals surface area contributed by atoms with Crippen molar-refractivity contribution in [2.24, 2.45) is 0 Å². The molecule has 0 aromatic carbocycles. The summed E-state index contributed by atoms with van der Waals surface area (Å²) in [6.45, 7) is 9.61. The van der Waals surface area contributed by atoms with E-state index < -0.39 is 61.6 Å². The summed E-state index contributed by atoms with van der Waals surface area (Å²) in [4.78, 5) is 12.8. The quantitative estimate of drug-likeness (QED) is 0.0359. The van der Waals surface area contributed by atoms with Gasteiger partial charge in [-0.15, -0.1) is 13.2 Å². The zero-order valence-corrected chi connectivity index (χ0v) is 29.4. The van der Waals surface area contributed by atoms with Gasteiger partial charge in [-0.1, -0.05) is 92.1 Å². The first-order valence-electron chi connectivity index (χ1n) is 14.9. The third kappa shape index (κ3) is 17.2. The molecule has 0 bridgehead atoms. The van der Waals surface area contributed by atoms with Crippen molar-refractivity contribution < 1.29 is 51.7 Å². The Balaban J connectivity index is 3.37. The molecule has 262 valence electrons. The number of aliphatic hydroxyl groups excluding tert-OH is 1. The molecular weight excluding hydrogens is 676 g/mol. The number of halogens is 3. The Kier molecular flexibility index (Phi) is 21.9. The predicted molar refractivity (Wildman–Crippen MR) is 174 cm³/mol. The number of ether oxygens (including phenoxy) is 5. The normalized spacial score (nSPS) is 23.0. The van der Waals surface area contributed by atoms with Crippen LogP contribution < -0.4 is 5.32 Å². The second-order valence-electron chi connectivity index (χ2n) is 10.1. The number of methoxy groups -OCH3 is 1. The molecule has 1 fully saturated rings. The number of carbonyl (C=O) groups excluding carboxylic acids is 1. The van der Waals surface area contributed by atoms with Gasteiger partial charge in [0.05, 0.1) is 32.2 Å². The van der Waals surface area contributed by atoms with Gasteiger partial charge in [0.2, 0.25) is 10.1 Å². The third-order valence-electron chi connectivity index (χ3n) is 6.49. The van der Waals surface area contributed by atoms with Crippen molar-refractivity contribution in [2.45, 2.75) is 99.3 Å². The molecule has 0 aromatic rings. The summed E-state index contributed by atoms with van der Waals surface area (Å²) < 4.78 is 57.2. The first-order chi connectivity index (χ1) is 21.5. The average Bonchev–Trinajstić information content (AvgIpc) is 3.01. The fraction of sp³-hybridized carbons (Fsp3) is 0.759. The Morgan fingerprint density at radius 2 is 1.76 bits per heavy atom. The van der Waals surface area contributed by atoms with Crippen LogP contribution in [0, 0.1) is 0 Å². The maximum Gasteiger partial charge on any atom is 0.475 e. The van der Waals surface area contributed by atoms with E-state index >= 15 is 0 Å². The monoisotopic (exact) mass is 723 g/mol. The van der Waals surface area contributed by atoms with Crippen LogP contribution in [-0.2, 0) is 41.8 Å². The Labute approximate surface area is 282 Å². The summed E-state index contributed by atoms with van der Waals surface area (Å²) in [5, 5.41) is 12.9. The maximum absolute atomic E-state index is 13.6. The van der Waals surface area contributed by atoms with Gasteiger partial charge in [0.1, 0.15) is 31.0 Å². The van der Waals surface area contributed by atoms with Crippen molar-refractivity contribution in [3.8, 4) is 0 Å². The van der Waals surface area contributed by atoms with Crippen molar-refractivity contribution in [3.63, 3.8) is 0 Å². The lowest BCUT2D eigenvalue weighted by Crippen LogP contribution is -2.66. The largest absolute Gasteiger partial charge is 0.475 e. The highest BCUT2D eigenvalue weighted by Gasteiger charge is 2.52. The average molecular weight is 725 g/mol. The molecule has 1 saturated heterocycles. The van der Waals surface area contributed by atoms with Gasteiger partial charge in [-0.2, -0.15) is 0 Å². The number of alkyl halides is 3.